The fourth-order valence-corrected chi connectivity index (χ4v) is 3.26. The van der Waals surface area contributed by atoms with Crippen molar-refractivity contribution in [3.8, 4) is 28.7 Å². The van der Waals surface area contributed by atoms with E-state index in [4.69, 9.17) is 18.9 Å². The number of benzene rings is 2. The highest BCUT2D eigenvalue weighted by Crippen LogP contribution is 2.43. The molecule has 3 rings (SSSR count). The van der Waals surface area contributed by atoms with Gasteiger partial charge in [-0.2, -0.15) is 0 Å². The zero-order valence-electron chi connectivity index (χ0n) is 15.5. The summed E-state index contributed by atoms with van der Waals surface area (Å²) in [6.45, 7) is 0.671. The van der Waals surface area contributed by atoms with Gasteiger partial charge in [-0.15, -0.1) is 0 Å². The zero-order valence-corrected chi connectivity index (χ0v) is 15.5. The lowest BCUT2D eigenvalue weighted by molar-refractivity contribution is 0.332. The third kappa shape index (κ3) is 3.14. The molecule has 0 bridgehead atoms. The van der Waals surface area contributed by atoms with E-state index < -0.39 is 0 Å². The second-order valence-corrected chi connectivity index (χ2v) is 5.94. The molecule has 0 spiro atoms. The third-order valence-corrected chi connectivity index (χ3v) is 4.52. The molecule has 1 heterocycles. The normalized spacial score (nSPS) is 12.8. The van der Waals surface area contributed by atoms with Crippen LogP contribution in [0.2, 0.25) is 0 Å². The number of hydrogen-bond acceptors (Lipinski definition) is 6. The molecule has 0 aliphatic carbocycles. The largest absolute Gasteiger partial charge is 0.504 e. The van der Waals surface area contributed by atoms with Crippen LogP contribution < -0.4 is 18.9 Å². The minimum atomic E-state index is 0.0702. The summed E-state index contributed by atoms with van der Waals surface area (Å²) in [6, 6.07) is 7.67. The van der Waals surface area contributed by atoms with Crippen molar-refractivity contribution in [3.63, 3.8) is 0 Å². The van der Waals surface area contributed by atoms with Crippen molar-refractivity contribution in [3.05, 3.63) is 41.0 Å². The first-order chi connectivity index (χ1) is 12.6. The second kappa shape index (κ2) is 7.56. The highest BCUT2D eigenvalue weighted by atomic mass is 16.5. The fourth-order valence-electron chi connectivity index (χ4n) is 3.26. The van der Waals surface area contributed by atoms with E-state index in [9.17, 15) is 5.11 Å². The number of methoxy groups -OCH3 is 4. The van der Waals surface area contributed by atoms with Gasteiger partial charge >= 0.3 is 0 Å². The highest BCUT2D eigenvalue weighted by Gasteiger charge is 2.25. The van der Waals surface area contributed by atoms with Crippen LogP contribution in [0.1, 0.15) is 16.7 Å². The van der Waals surface area contributed by atoms with Crippen LogP contribution in [0.3, 0.4) is 0 Å². The van der Waals surface area contributed by atoms with Gasteiger partial charge in [0.2, 0.25) is 5.75 Å². The van der Waals surface area contributed by atoms with Gasteiger partial charge in [0.15, 0.2) is 23.0 Å². The molecule has 1 aliphatic rings. The van der Waals surface area contributed by atoms with Crippen LogP contribution in [0.25, 0.3) is 0 Å². The number of aliphatic imine (C=N–C) groups is 1. The van der Waals surface area contributed by atoms with Crippen LogP contribution >= 0.6 is 0 Å². The lowest BCUT2D eigenvalue weighted by atomic mass is 9.92. The molecule has 0 aromatic heterocycles. The van der Waals surface area contributed by atoms with Gasteiger partial charge in [0.05, 0.1) is 34.2 Å². The van der Waals surface area contributed by atoms with E-state index in [1.54, 1.807) is 21.3 Å². The zero-order chi connectivity index (χ0) is 18.7. The standard InChI is InChI=1S/C20H23NO5/c1-23-15-6-5-12(10-16(15)24-2)9-14-18-13(7-8-21-14)11-17(25-3)20(26-4)19(18)22/h5-6,10-11,22H,7-9H2,1-4H3. The molecular formula is C20H23NO5. The molecule has 6 heteroatoms. The minimum Gasteiger partial charge on any atom is -0.504 e. The number of aromatic hydroxyl groups is 1. The van der Waals surface area contributed by atoms with Crippen molar-refractivity contribution in [1.29, 1.82) is 0 Å². The van der Waals surface area contributed by atoms with Crippen LogP contribution in [0, 0.1) is 0 Å². The van der Waals surface area contributed by atoms with Crippen LogP contribution in [0.5, 0.6) is 28.7 Å². The van der Waals surface area contributed by atoms with E-state index in [-0.39, 0.29) is 5.75 Å². The number of fused-ring (bicyclic) bond motifs is 1. The van der Waals surface area contributed by atoms with Crippen LogP contribution in [0.4, 0.5) is 0 Å². The Morgan fingerprint density at radius 1 is 0.923 bits per heavy atom. The topological polar surface area (TPSA) is 69.5 Å². The Hall–Kier alpha value is -2.89. The fraction of sp³-hybridized carbons (Fsp3) is 0.350. The van der Waals surface area contributed by atoms with E-state index in [0.717, 1.165) is 28.8 Å². The molecule has 0 radical (unpaired) electrons. The average Bonchev–Trinajstić information content (AvgIpc) is 2.67. The molecule has 0 saturated carbocycles. The Kier molecular flexibility index (Phi) is 5.21. The van der Waals surface area contributed by atoms with Gasteiger partial charge in [-0.25, -0.2) is 0 Å². The van der Waals surface area contributed by atoms with Crippen molar-refractivity contribution >= 4 is 5.71 Å². The molecule has 0 amide bonds. The molecule has 2 aromatic carbocycles. The molecule has 6 nitrogen and oxygen atoms in total. The Labute approximate surface area is 153 Å². The first-order valence-electron chi connectivity index (χ1n) is 8.34. The first-order valence-corrected chi connectivity index (χ1v) is 8.34. The Morgan fingerprint density at radius 3 is 2.31 bits per heavy atom. The summed E-state index contributed by atoms with van der Waals surface area (Å²) < 4.78 is 21.3. The van der Waals surface area contributed by atoms with Gasteiger partial charge < -0.3 is 24.1 Å². The van der Waals surface area contributed by atoms with Crippen molar-refractivity contribution in [1.82, 2.24) is 0 Å². The molecule has 0 saturated heterocycles. The molecule has 2 aromatic rings. The lowest BCUT2D eigenvalue weighted by Crippen LogP contribution is -2.16. The number of phenolic OH excluding ortho intramolecular Hbond substituents is 1. The summed E-state index contributed by atoms with van der Waals surface area (Å²) in [4.78, 5) is 4.64. The van der Waals surface area contributed by atoms with E-state index in [0.29, 0.717) is 36.0 Å². The summed E-state index contributed by atoms with van der Waals surface area (Å²) in [5.41, 5.74) is 3.56. The molecule has 0 atom stereocenters. The molecule has 1 aliphatic heterocycles. The number of rotatable bonds is 6. The molecular weight excluding hydrogens is 334 g/mol. The van der Waals surface area contributed by atoms with Gasteiger partial charge in [0.25, 0.3) is 0 Å². The van der Waals surface area contributed by atoms with E-state index in [1.807, 2.05) is 24.3 Å². The summed E-state index contributed by atoms with van der Waals surface area (Å²) >= 11 is 0. The van der Waals surface area contributed by atoms with E-state index in [2.05, 4.69) is 4.99 Å². The SMILES string of the molecule is COc1ccc(CC2=NCCc3cc(OC)c(OC)c(O)c32)cc1OC. The number of ether oxygens (including phenoxy) is 4. The number of phenols is 1. The van der Waals surface area contributed by atoms with Crippen molar-refractivity contribution < 1.29 is 24.1 Å². The van der Waals surface area contributed by atoms with Gasteiger partial charge in [-0.05, 0) is 35.7 Å². The quantitative estimate of drug-likeness (QED) is 0.861. The first kappa shape index (κ1) is 17.9. The van der Waals surface area contributed by atoms with Crippen molar-refractivity contribution in [2.24, 2.45) is 4.99 Å². The molecule has 0 unspecified atom stereocenters. The number of nitrogens with zero attached hydrogens (tertiary/aromatic N) is 1. The Morgan fingerprint density at radius 2 is 1.65 bits per heavy atom. The maximum atomic E-state index is 10.7. The van der Waals surface area contributed by atoms with Gasteiger partial charge in [0.1, 0.15) is 0 Å². The number of hydrogen-bond donors (Lipinski definition) is 1. The average molecular weight is 357 g/mol. The minimum absolute atomic E-state index is 0.0702. The predicted octanol–water partition coefficient (Wildman–Crippen LogP) is 3.01. The Balaban J connectivity index is 2.00. The van der Waals surface area contributed by atoms with E-state index >= 15 is 0 Å². The van der Waals surface area contributed by atoms with Gasteiger partial charge in [-0.1, -0.05) is 6.07 Å². The summed E-state index contributed by atoms with van der Waals surface area (Å²) in [5, 5.41) is 10.7. The highest BCUT2D eigenvalue weighted by molar-refractivity contribution is 6.07. The van der Waals surface area contributed by atoms with Gasteiger partial charge in [-0.3, -0.25) is 4.99 Å². The van der Waals surface area contributed by atoms with Crippen molar-refractivity contribution in [2.45, 2.75) is 12.8 Å². The second-order valence-electron chi connectivity index (χ2n) is 5.94. The maximum absolute atomic E-state index is 10.7. The summed E-state index contributed by atoms with van der Waals surface area (Å²) in [6.07, 6.45) is 1.31. The Bertz CT molecular complexity index is 845. The third-order valence-electron chi connectivity index (χ3n) is 4.52. The smallest absolute Gasteiger partial charge is 0.203 e. The molecule has 26 heavy (non-hydrogen) atoms. The lowest BCUT2D eigenvalue weighted by Gasteiger charge is -2.22. The molecule has 0 fully saturated rings. The van der Waals surface area contributed by atoms with Crippen LogP contribution in [-0.2, 0) is 12.8 Å². The summed E-state index contributed by atoms with van der Waals surface area (Å²) in [5.74, 6) is 2.26. The van der Waals surface area contributed by atoms with Gasteiger partial charge in [0, 0.05) is 18.5 Å². The van der Waals surface area contributed by atoms with Crippen LogP contribution in [-0.4, -0.2) is 45.8 Å². The molecule has 138 valence electrons. The van der Waals surface area contributed by atoms with Crippen molar-refractivity contribution in [2.75, 3.05) is 35.0 Å². The summed E-state index contributed by atoms with van der Waals surface area (Å²) in [7, 11) is 6.29. The van der Waals surface area contributed by atoms with Crippen LogP contribution in [0.15, 0.2) is 29.3 Å². The van der Waals surface area contributed by atoms with E-state index in [1.165, 1.54) is 7.11 Å². The predicted molar refractivity (Wildman–Crippen MR) is 99.6 cm³/mol. The monoisotopic (exact) mass is 357 g/mol. The molecule has 1 N–H and O–H groups in total. The maximum Gasteiger partial charge on any atom is 0.203 e.